The Labute approximate surface area is 115 Å². The SMILES string of the molecule is CN(c1nc(C(F)(F)F)ccc1C#N)C(CN)C1CC1. The van der Waals surface area contributed by atoms with Crippen LogP contribution in [0.5, 0.6) is 0 Å². The number of nitriles is 1. The highest BCUT2D eigenvalue weighted by molar-refractivity contribution is 5.55. The van der Waals surface area contributed by atoms with Gasteiger partial charge in [-0.2, -0.15) is 18.4 Å². The van der Waals surface area contributed by atoms with Crippen molar-refractivity contribution in [1.29, 1.82) is 5.26 Å². The fraction of sp³-hybridized carbons (Fsp3) is 0.538. The molecule has 0 saturated heterocycles. The molecular formula is C13H15F3N4. The van der Waals surface area contributed by atoms with E-state index in [0.717, 1.165) is 25.0 Å². The zero-order valence-electron chi connectivity index (χ0n) is 11.0. The van der Waals surface area contributed by atoms with Gasteiger partial charge in [0, 0.05) is 19.6 Å². The normalized spacial score (nSPS) is 16.6. The van der Waals surface area contributed by atoms with Gasteiger partial charge in [-0.3, -0.25) is 0 Å². The monoisotopic (exact) mass is 284 g/mol. The van der Waals surface area contributed by atoms with Gasteiger partial charge in [-0.05, 0) is 30.9 Å². The number of nitrogens with two attached hydrogens (primary N) is 1. The predicted octanol–water partition coefficient (Wildman–Crippen LogP) is 2.15. The van der Waals surface area contributed by atoms with E-state index in [-0.39, 0.29) is 17.4 Å². The second-order valence-electron chi connectivity index (χ2n) is 4.93. The van der Waals surface area contributed by atoms with Crippen LogP contribution in [0.4, 0.5) is 19.0 Å². The third-order valence-corrected chi connectivity index (χ3v) is 3.53. The molecular weight excluding hydrogens is 269 g/mol. The number of anilines is 1. The summed E-state index contributed by atoms with van der Waals surface area (Å²) in [5.74, 6) is 0.414. The minimum Gasteiger partial charge on any atom is -0.354 e. The zero-order chi connectivity index (χ0) is 14.9. The van der Waals surface area contributed by atoms with Crippen molar-refractivity contribution in [3.05, 3.63) is 23.4 Å². The van der Waals surface area contributed by atoms with Crippen molar-refractivity contribution < 1.29 is 13.2 Å². The van der Waals surface area contributed by atoms with E-state index in [1.165, 1.54) is 0 Å². The third kappa shape index (κ3) is 2.85. The second kappa shape index (κ2) is 5.29. The van der Waals surface area contributed by atoms with Gasteiger partial charge in [0.15, 0.2) is 0 Å². The lowest BCUT2D eigenvalue weighted by Crippen LogP contribution is -2.40. The summed E-state index contributed by atoms with van der Waals surface area (Å²) in [4.78, 5) is 5.22. The molecule has 4 nitrogen and oxygen atoms in total. The summed E-state index contributed by atoms with van der Waals surface area (Å²) in [6.07, 6.45) is -2.51. The topological polar surface area (TPSA) is 65.9 Å². The zero-order valence-corrected chi connectivity index (χ0v) is 11.0. The molecule has 1 saturated carbocycles. The maximum Gasteiger partial charge on any atom is 0.433 e. The molecule has 1 aromatic rings. The van der Waals surface area contributed by atoms with Gasteiger partial charge in [0.2, 0.25) is 0 Å². The van der Waals surface area contributed by atoms with Gasteiger partial charge in [0.05, 0.1) is 5.56 Å². The molecule has 1 fully saturated rings. The van der Waals surface area contributed by atoms with Crippen LogP contribution in [-0.4, -0.2) is 24.6 Å². The Morgan fingerprint density at radius 2 is 2.15 bits per heavy atom. The van der Waals surface area contributed by atoms with Gasteiger partial charge in [-0.15, -0.1) is 0 Å². The van der Waals surface area contributed by atoms with Crippen molar-refractivity contribution in [2.24, 2.45) is 11.7 Å². The molecule has 108 valence electrons. The van der Waals surface area contributed by atoms with E-state index < -0.39 is 11.9 Å². The fourth-order valence-corrected chi connectivity index (χ4v) is 2.27. The predicted molar refractivity (Wildman–Crippen MR) is 67.9 cm³/mol. The number of halogens is 3. The van der Waals surface area contributed by atoms with Gasteiger partial charge in [-0.1, -0.05) is 0 Å². The molecule has 1 aliphatic carbocycles. The molecule has 7 heteroatoms. The average molecular weight is 284 g/mol. The van der Waals surface area contributed by atoms with Gasteiger partial charge in [-0.25, -0.2) is 4.98 Å². The maximum atomic E-state index is 12.7. The van der Waals surface area contributed by atoms with E-state index >= 15 is 0 Å². The molecule has 0 aromatic carbocycles. The van der Waals surface area contributed by atoms with E-state index in [2.05, 4.69) is 4.98 Å². The first-order valence-electron chi connectivity index (χ1n) is 6.29. The molecule has 1 unspecified atom stereocenters. The number of rotatable bonds is 4. The number of likely N-dealkylation sites (N-methyl/N-ethyl adjacent to an activating group) is 1. The number of nitrogens with zero attached hydrogens (tertiary/aromatic N) is 3. The van der Waals surface area contributed by atoms with Crippen molar-refractivity contribution in [2.75, 3.05) is 18.5 Å². The van der Waals surface area contributed by atoms with Gasteiger partial charge in [0.1, 0.15) is 17.6 Å². The molecule has 2 N–H and O–H groups in total. The summed E-state index contributed by atoms with van der Waals surface area (Å²) in [5.41, 5.74) is 4.82. The van der Waals surface area contributed by atoms with Gasteiger partial charge in [0.25, 0.3) is 0 Å². The average Bonchev–Trinajstić information content (AvgIpc) is 3.22. The minimum atomic E-state index is -4.53. The number of hydrogen-bond donors (Lipinski definition) is 1. The second-order valence-corrected chi connectivity index (χ2v) is 4.93. The van der Waals surface area contributed by atoms with Crippen LogP contribution < -0.4 is 10.6 Å². The Bertz CT molecular complexity index is 531. The molecule has 1 heterocycles. The van der Waals surface area contributed by atoms with Crippen molar-refractivity contribution in [1.82, 2.24) is 4.98 Å². The first-order chi connectivity index (χ1) is 9.38. The first-order valence-corrected chi connectivity index (χ1v) is 6.29. The maximum absolute atomic E-state index is 12.7. The number of hydrogen-bond acceptors (Lipinski definition) is 4. The minimum absolute atomic E-state index is 0.0460. The van der Waals surface area contributed by atoms with Crippen LogP contribution in [-0.2, 0) is 6.18 Å². The van der Waals surface area contributed by atoms with Crippen LogP contribution in [0.1, 0.15) is 24.1 Å². The lowest BCUT2D eigenvalue weighted by Gasteiger charge is -2.29. The van der Waals surface area contributed by atoms with Crippen molar-refractivity contribution in [3.63, 3.8) is 0 Å². The summed E-state index contributed by atoms with van der Waals surface area (Å²) in [6.45, 7) is 0.323. The third-order valence-electron chi connectivity index (χ3n) is 3.53. The highest BCUT2D eigenvalue weighted by Gasteiger charge is 2.36. The molecule has 1 aliphatic rings. The molecule has 0 aliphatic heterocycles. The molecule has 20 heavy (non-hydrogen) atoms. The Morgan fingerprint density at radius 1 is 1.50 bits per heavy atom. The molecule has 0 bridgehead atoms. The van der Waals surface area contributed by atoms with Crippen LogP contribution in [0.2, 0.25) is 0 Å². The lowest BCUT2D eigenvalue weighted by molar-refractivity contribution is -0.141. The van der Waals surface area contributed by atoms with E-state index in [0.29, 0.717) is 12.5 Å². The molecule has 2 rings (SSSR count). The van der Waals surface area contributed by atoms with Crippen LogP contribution in [0.15, 0.2) is 12.1 Å². The van der Waals surface area contributed by atoms with Crippen molar-refractivity contribution in [2.45, 2.75) is 25.1 Å². The number of alkyl halides is 3. The highest BCUT2D eigenvalue weighted by atomic mass is 19.4. The van der Waals surface area contributed by atoms with E-state index in [9.17, 15) is 13.2 Å². The Balaban J connectivity index is 2.40. The van der Waals surface area contributed by atoms with E-state index in [1.807, 2.05) is 6.07 Å². The number of aromatic nitrogens is 1. The standard InChI is InChI=1S/C13H15F3N4/c1-20(10(7-18)8-2-3-8)12-9(6-17)4-5-11(19-12)13(14,15)16/h4-5,8,10H,2-3,7,18H2,1H3. The Morgan fingerprint density at radius 3 is 2.60 bits per heavy atom. The summed E-state index contributed by atoms with van der Waals surface area (Å²) in [7, 11) is 1.64. The Kier molecular flexibility index (Phi) is 3.86. The molecule has 0 spiro atoms. The van der Waals surface area contributed by atoms with E-state index in [4.69, 9.17) is 11.0 Å². The molecule has 1 atom stereocenters. The summed E-state index contributed by atoms with van der Waals surface area (Å²) >= 11 is 0. The lowest BCUT2D eigenvalue weighted by atomic mass is 10.1. The first kappa shape index (κ1) is 14.6. The number of pyridine rings is 1. The summed E-state index contributed by atoms with van der Waals surface area (Å²) in [5, 5.41) is 9.04. The van der Waals surface area contributed by atoms with Crippen molar-refractivity contribution >= 4 is 5.82 Å². The highest BCUT2D eigenvalue weighted by Crippen LogP contribution is 2.37. The summed E-state index contributed by atoms with van der Waals surface area (Å²) in [6, 6.07) is 3.77. The van der Waals surface area contributed by atoms with Crippen LogP contribution in [0.25, 0.3) is 0 Å². The van der Waals surface area contributed by atoms with Gasteiger partial charge >= 0.3 is 6.18 Å². The summed E-state index contributed by atoms with van der Waals surface area (Å²) < 4.78 is 38.2. The van der Waals surface area contributed by atoms with E-state index in [1.54, 1.807) is 11.9 Å². The van der Waals surface area contributed by atoms with Crippen LogP contribution in [0, 0.1) is 17.2 Å². The molecule has 0 amide bonds. The molecule has 1 aromatic heterocycles. The van der Waals surface area contributed by atoms with Gasteiger partial charge < -0.3 is 10.6 Å². The Hall–Kier alpha value is -1.81. The van der Waals surface area contributed by atoms with Crippen LogP contribution >= 0.6 is 0 Å². The quantitative estimate of drug-likeness (QED) is 0.920. The largest absolute Gasteiger partial charge is 0.433 e. The fourth-order valence-electron chi connectivity index (χ4n) is 2.27. The smallest absolute Gasteiger partial charge is 0.354 e. The molecule has 0 radical (unpaired) electrons. The van der Waals surface area contributed by atoms with Crippen molar-refractivity contribution in [3.8, 4) is 6.07 Å². The van der Waals surface area contributed by atoms with Crippen LogP contribution in [0.3, 0.4) is 0 Å².